The SMILES string of the molecule is Cc1ccc(S(=O)(=O)CCC(=O)N(C)Cc2ccc(Cl)cc2)cc1. The lowest BCUT2D eigenvalue weighted by Gasteiger charge is -2.17. The molecule has 24 heavy (non-hydrogen) atoms. The number of carbonyl (C=O) groups excluding carboxylic acids is 1. The first-order valence-corrected chi connectivity index (χ1v) is 9.59. The van der Waals surface area contributed by atoms with Crippen LogP contribution in [-0.4, -0.2) is 32.0 Å². The average molecular weight is 366 g/mol. The first-order chi connectivity index (χ1) is 11.3. The van der Waals surface area contributed by atoms with Gasteiger partial charge in [0.25, 0.3) is 0 Å². The van der Waals surface area contributed by atoms with Gasteiger partial charge in [-0.3, -0.25) is 4.79 Å². The Bertz CT molecular complexity index is 799. The average Bonchev–Trinajstić information content (AvgIpc) is 2.55. The highest BCUT2D eigenvalue weighted by atomic mass is 35.5. The molecular formula is C18H20ClNO3S. The van der Waals surface area contributed by atoms with Crippen LogP contribution in [0.5, 0.6) is 0 Å². The summed E-state index contributed by atoms with van der Waals surface area (Å²) in [5, 5.41) is 0.636. The number of carbonyl (C=O) groups is 1. The Morgan fingerprint density at radius 2 is 1.62 bits per heavy atom. The van der Waals surface area contributed by atoms with Crippen LogP contribution in [0.2, 0.25) is 5.02 Å². The third kappa shape index (κ3) is 5.08. The molecule has 0 spiro atoms. The standard InChI is InChI=1S/C18H20ClNO3S/c1-14-3-9-17(10-4-14)24(22,23)12-11-18(21)20(2)13-15-5-7-16(19)8-6-15/h3-10H,11-13H2,1-2H3. The zero-order valence-corrected chi connectivity index (χ0v) is 15.3. The molecular weight excluding hydrogens is 346 g/mol. The van der Waals surface area contributed by atoms with Crippen LogP contribution in [0, 0.1) is 6.92 Å². The Morgan fingerprint density at radius 3 is 2.21 bits per heavy atom. The molecule has 0 bridgehead atoms. The van der Waals surface area contributed by atoms with E-state index in [4.69, 9.17) is 11.6 Å². The smallest absolute Gasteiger partial charge is 0.223 e. The monoisotopic (exact) mass is 365 g/mol. The van der Waals surface area contributed by atoms with Crippen LogP contribution in [-0.2, 0) is 21.2 Å². The molecule has 6 heteroatoms. The lowest BCUT2D eigenvalue weighted by Crippen LogP contribution is -2.28. The van der Waals surface area contributed by atoms with Crippen molar-refractivity contribution in [3.8, 4) is 0 Å². The van der Waals surface area contributed by atoms with Crippen molar-refractivity contribution in [1.82, 2.24) is 4.90 Å². The third-order valence-electron chi connectivity index (χ3n) is 3.72. The van der Waals surface area contributed by atoms with Crippen molar-refractivity contribution in [3.63, 3.8) is 0 Å². The summed E-state index contributed by atoms with van der Waals surface area (Å²) in [7, 11) is -1.79. The Hall–Kier alpha value is -1.85. The normalized spacial score (nSPS) is 11.3. The van der Waals surface area contributed by atoms with Crippen molar-refractivity contribution in [2.75, 3.05) is 12.8 Å². The second-order valence-electron chi connectivity index (χ2n) is 5.76. The number of nitrogens with zero attached hydrogens (tertiary/aromatic N) is 1. The zero-order valence-electron chi connectivity index (χ0n) is 13.7. The predicted molar refractivity (Wildman–Crippen MR) is 95.8 cm³/mol. The molecule has 0 N–H and O–H groups in total. The molecule has 4 nitrogen and oxygen atoms in total. The largest absolute Gasteiger partial charge is 0.341 e. The van der Waals surface area contributed by atoms with Crippen LogP contribution in [0.4, 0.5) is 0 Å². The minimum Gasteiger partial charge on any atom is -0.341 e. The van der Waals surface area contributed by atoms with Gasteiger partial charge in [-0.05, 0) is 36.8 Å². The number of hydrogen-bond donors (Lipinski definition) is 0. The van der Waals surface area contributed by atoms with Crippen LogP contribution >= 0.6 is 11.6 Å². The second-order valence-corrected chi connectivity index (χ2v) is 8.30. The van der Waals surface area contributed by atoms with E-state index in [-0.39, 0.29) is 23.0 Å². The molecule has 2 rings (SSSR count). The van der Waals surface area contributed by atoms with Gasteiger partial charge in [0.1, 0.15) is 0 Å². The first-order valence-electron chi connectivity index (χ1n) is 7.56. The van der Waals surface area contributed by atoms with Gasteiger partial charge in [-0.2, -0.15) is 0 Å². The Morgan fingerprint density at radius 1 is 1.04 bits per heavy atom. The summed E-state index contributed by atoms with van der Waals surface area (Å²) in [5.74, 6) is -0.402. The van der Waals surface area contributed by atoms with Crippen LogP contribution < -0.4 is 0 Å². The number of halogens is 1. The lowest BCUT2D eigenvalue weighted by molar-refractivity contribution is -0.130. The zero-order chi connectivity index (χ0) is 17.7. The topological polar surface area (TPSA) is 54.5 Å². The van der Waals surface area contributed by atoms with Gasteiger partial charge in [0.2, 0.25) is 5.91 Å². The predicted octanol–water partition coefficient (Wildman–Crippen LogP) is 3.47. The molecule has 0 heterocycles. The van der Waals surface area contributed by atoms with Crippen LogP contribution in [0.25, 0.3) is 0 Å². The summed E-state index contributed by atoms with van der Waals surface area (Å²) in [5.41, 5.74) is 1.93. The highest BCUT2D eigenvalue weighted by Crippen LogP contribution is 2.15. The van der Waals surface area contributed by atoms with E-state index in [1.807, 2.05) is 19.1 Å². The highest BCUT2D eigenvalue weighted by molar-refractivity contribution is 7.91. The van der Waals surface area contributed by atoms with E-state index < -0.39 is 9.84 Å². The number of rotatable bonds is 6. The summed E-state index contributed by atoms with van der Waals surface area (Å²) in [6.45, 7) is 2.31. The van der Waals surface area contributed by atoms with E-state index >= 15 is 0 Å². The molecule has 0 atom stereocenters. The highest BCUT2D eigenvalue weighted by Gasteiger charge is 2.18. The Balaban J connectivity index is 1.94. The van der Waals surface area contributed by atoms with Gasteiger partial charge in [-0.25, -0.2) is 8.42 Å². The summed E-state index contributed by atoms with van der Waals surface area (Å²) in [6, 6.07) is 13.9. The van der Waals surface area contributed by atoms with Gasteiger partial charge < -0.3 is 4.90 Å². The number of sulfone groups is 1. The van der Waals surface area contributed by atoms with Crippen molar-refractivity contribution in [2.45, 2.75) is 24.8 Å². The van der Waals surface area contributed by atoms with Gasteiger partial charge in [0.15, 0.2) is 9.84 Å². The van der Waals surface area contributed by atoms with Gasteiger partial charge in [-0.1, -0.05) is 41.4 Å². The molecule has 0 fully saturated rings. The maximum absolute atomic E-state index is 12.3. The van der Waals surface area contributed by atoms with Crippen LogP contribution in [0.1, 0.15) is 17.5 Å². The fourth-order valence-electron chi connectivity index (χ4n) is 2.23. The molecule has 0 unspecified atom stereocenters. The molecule has 2 aromatic rings. The molecule has 0 radical (unpaired) electrons. The summed E-state index contributed by atoms with van der Waals surface area (Å²) in [4.78, 5) is 14.0. The number of amides is 1. The van der Waals surface area contributed by atoms with Crippen molar-refractivity contribution in [2.24, 2.45) is 0 Å². The fraction of sp³-hybridized carbons (Fsp3) is 0.278. The lowest BCUT2D eigenvalue weighted by atomic mass is 10.2. The summed E-state index contributed by atoms with van der Waals surface area (Å²) < 4.78 is 24.6. The van der Waals surface area contributed by atoms with E-state index in [9.17, 15) is 13.2 Å². The number of hydrogen-bond acceptors (Lipinski definition) is 3. The van der Waals surface area contributed by atoms with E-state index in [0.29, 0.717) is 11.6 Å². The molecule has 0 aliphatic rings. The minimum atomic E-state index is -3.45. The molecule has 0 aliphatic carbocycles. The third-order valence-corrected chi connectivity index (χ3v) is 5.71. The van der Waals surface area contributed by atoms with Crippen molar-refractivity contribution >= 4 is 27.3 Å². The van der Waals surface area contributed by atoms with E-state index in [0.717, 1.165) is 11.1 Å². The fourth-order valence-corrected chi connectivity index (χ4v) is 3.58. The molecule has 128 valence electrons. The minimum absolute atomic E-state index is 0.0414. The summed E-state index contributed by atoms with van der Waals surface area (Å²) >= 11 is 5.83. The molecule has 0 aromatic heterocycles. The maximum atomic E-state index is 12.3. The van der Waals surface area contributed by atoms with Crippen molar-refractivity contribution in [1.29, 1.82) is 0 Å². The molecule has 2 aromatic carbocycles. The maximum Gasteiger partial charge on any atom is 0.223 e. The van der Waals surface area contributed by atoms with Crippen LogP contribution in [0.3, 0.4) is 0 Å². The van der Waals surface area contributed by atoms with Crippen molar-refractivity contribution < 1.29 is 13.2 Å². The molecule has 1 amide bonds. The van der Waals surface area contributed by atoms with E-state index in [2.05, 4.69) is 0 Å². The van der Waals surface area contributed by atoms with Crippen molar-refractivity contribution in [3.05, 3.63) is 64.7 Å². The van der Waals surface area contributed by atoms with Crippen LogP contribution in [0.15, 0.2) is 53.4 Å². The Kier molecular flexibility index (Phi) is 6.02. The molecule has 0 aliphatic heterocycles. The van der Waals surface area contributed by atoms with Gasteiger partial charge in [0, 0.05) is 25.0 Å². The van der Waals surface area contributed by atoms with Gasteiger partial charge in [-0.15, -0.1) is 0 Å². The van der Waals surface area contributed by atoms with E-state index in [1.165, 1.54) is 4.90 Å². The first kappa shape index (κ1) is 18.5. The van der Waals surface area contributed by atoms with Gasteiger partial charge >= 0.3 is 0 Å². The number of aryl methyl sites for hydroxylation is 1. The molecule has 0 saturated carbocycles. The van der Waals surface area contributed by atoms with E-state index in [1.54, 1.807) is 43.4 Å². The Labute approximate surface area is 148 Å². The van der Waals surface area contributed by atoms with Gasteiger partial charge in [0.05, 0.1) is 10.6 Å². The number of benzene rings is 2. The second kappa shape index (κ2) is 7.81. The summed E-state index contributed by atoms with van der Waals surface area (Å²) in [6.07, 6.45) is -0.0414. The quantitative estimate of drug-likeness (QED) is 0.787. The molecule has 0 saturated heterocycles.